The highest BCUT2D eigenvalue weighted by molar-refractivity contribution is 5.87. The molecule has 1 N–H and O–H groups in total. The Balaban J connectivity index is 2.15. The van der Waals surface area contributed by atoms with Gasteiger partial charge in [-0.2, -0.15) is 0 Å². The number of imidazole rings is 1. The lowest BCUT2D eigenvalue weighted by atomic mass is 10.00. The summed E-state index contributed by atoms with van der Waals surface area (Å²) >= 11 is 0. The Bertz CT molecular complexity index is 1330. The Labute approximate surface area is 176 Å². The second-order valence-corrected chi connectivity index (χ2v) is 6.55. The Hall–Kier alpha value is -4.01. The molecule has 2 heterocycles. The SMILES string of the molecule is COc1ccc(-c2c(-n3c(=O)[nH]c4cnccc43)cc(OC)c(OC)c2OC)cc1F. The number of fused-ring (bicyclic) bond motifs is 1. The predicted octanol–water partition coefficient (Wildman–Crippen LogP) is 3.55. The third-order valence-corrected chi connectivity index (χ3v) is 4.97. The van der Waals surface area contributed by atoms with Crippen LogP contribution < -0.4 is 24.6 Å². The van der Waals surface area contributed by atoms with Crippen LogP contribution in [0.4, 0.5) is 4.39 Å². The fraction of sp³-hybridized carbons (Fsp3) is 0.182. The van der Waals surface area contributed by atoms with Crippen molar-refractivity contribution in [1.82, 2.24) is 14.5 Å². The molecule has 0 fully saturated rings. The van der Waals surface area contributed by atoms with Gasteiger partial charge >= 0.3 is 5.69 Å². The standard InChI is InChI=1S/C22H20FN3O5/c1-28-17-6-5-12(9-13(17)23)19-16(10-18(29-2)20(30-3)21(19)31-4)26-15-7-8-24-11-14(15)25-22(26)27/h5-11H,1-4H3,(H,25,27). The zero-order chi connectivity index (χ0) is 22.1. The number of aromatic nitrogens is 3. The highest BCUT2D eigenvalue weighted by Gasteiger charge is 2.25. The number of pyridine rings is 1. The van der Waals surface area contributed by atoms with Crippen molar-refractivity contribution >= 4 is 11.0 Å². The molecule has 160 valence electrons. The number of benzene rings is 2. The van der Waals surface area contributed by atoms with Crippen molar-refractivity contribution in [2.45, 2.75) is 0 Å². The van der Waals surface area contributed by atoms with Gasteiger partial charge in [-0.1, -0.05) is 6.07 Å². The van der Waals surface area contributed by atoms with Gasteiger partial charge in [-0.15, -0.1) is 0 Å². The van der Waals surface area contributed by atoms with Gasteiger partial charge in [0, 0.05) is 12.3 Å². The van der Waals surface area contributed by atoms with Gasteiger partial charge in [0.15, 0.2) is 23.1 Å². The molecule has 31 heavy (non-hydrogen) atoms. The molecule has 0 atom stereocenters. The number of H-pyrrole nitrogens is 1. The zero-order valence-electron chi connectivity index (χ0n) is 17.4. The van der Waals surface area contributed by atoms with Crippen LogP contribution >= 0.6 is 0 Å². The molecule has 0 radical (unpaired) electrons. The molecule has 0 aliphatic heterocycles. The van der Waals surface area contributed by atoms with E-state index in [1.807, 2.05) is 0 Å². The second kappa shape index (κ2) is 8.02. The van der Waals surface area contributed by atoms with Crippen LogP contribution in [0.3, 0.4) is 0 Å². The summed E-state index contributed by atoms with van der Waals surface area (Å²) in [4.78, 5) is 19.7. The second-order valence-electron chi connectivity index (χ2n) is 6.55. The van der Waals surface area contributed by atoms with E-state index < -0.39 is 11.5 Å². The quantitative estimate of drug-likeness (QED) is 0.508. The topological polar surface area (TPSA) is 87.6 Å². The summed E-state index contributed by atoms with van der Waals surface area (Å²) in [5.41, 5.74) is 2.06. The minimum atomic E-state index is -0.557. The van der Waals surface area contributed by atoms with E-state index in [2.05, 4.69) is 9.97 Å². The molecular formula is C22H20FN3O5. The van der Waals surface area contributed by atoms with Gasteiger partial charge in [0.25, 0.3) is 0 Å². The number of rotatable bonds is 6. The summed E-state index contributed by atoms with van der Waals surface area (Å²) < 4.78 is 37.7. The molecule has 0 aliphatic carbocycles. The number of hydrogen-bond acceptors (Lipinski definition) is 6. The number of hydrogen-bond donors (Lipinski definition) is 1. The molecule has 2 aromatic heterocycles. The lowest BCUT2D eigenvalue weighted by molar-refractivity contribution is 0.325. The number of aromatic amines is 1. The van der Waals surface area contributed by atoms with Crippen LogP contribution in [0.2, 0.25) is 0 Å². The molecule has 0 unspecified atom stereocenters. The first kappa shape index (κ1) is 20.3. The van der Waals surface area contributed by atoms with Gasteiger partial charge in [0.1, 0.15) is 0 Å². The molecule has 4 aromatic rings. The van der Waals surface area contributed by atoms with Gasteiger partial charge in [-0.25, -0.2) is 9.18 Å². The van der Waals surface area contributed by atoms with Crippen molar-refractivity contribution in [2.75, 3.05) is 28.4 Å². The Morgan fingerprint density at radius 3 is 2.32 bits per heavy atom. The predicted molar refractivity (Wildman–Crippen MR) is 113 cm³/mol. The molecule has 0 bridgehead atoms. The highest BCUT2D eigenvalue weighted by atomic mass is 19.1. The first-order chi connectivity index (χ1) is 15.0. The van der Waals surface area contributed by atoms with E-state index in [4.69, 9.17) is 18.9 Å². The molecule has 0 saturated heterocycles. The molecule has 9 heteroatoms. The van der Waals surface area contributed by atoms with Gasteiger partial charge in [-0.3, -0.25) is 9.55 Å². The van der Waals surface area contributed by atoms with Gasteiger partial charge < -0.3 is 23.9 Å². The van der Waals surface area contributed by atoms with Crippen LogP contribution in [0.15, 0.2) is 47.5 Å². The van der Waals surface area contributed by atoms with Crippen molar-refractivity contribution in [1.29, 1.82) is 0 Å². The minimum absolute atomic E-state index is 0.0973. The molecule has 2 aromatic carbocycles. The van der Waals surface area contributed by atoms with Crippen LogP contribution in [0.25, 0.3) is 27.8 Å². The van der Waals surface area contributed by atoms with Crippen LogP contribution in [0.1, 0.15) is 0 Å². The van der Waals surface area contributed by atoms with E-state index in [1.54, 1.807) is 30.6 Å². The molecule has 8 nitrogen and oxygen atoms in total. The minimum Gasteiger partial charge on any atom is -0.494 e. The van der Waals surface area contributed by atoms with Crippen LogP contribution in [0.5, 0.6) is 23.0 Å². The van der Waals surface area contributed by atoms with E-state index in [0.29, 0.717) is 39.3 Å². The average Bonchev–Trinajstić information content (AvgIpc) is 3.12. The Morgan fingerprint density at radius 2 is 1.68 bits per heavy atom. The van der Waals surface area contributed by atoms with Gasteiger partial charge in [0.2, 0.25) is 5.75 Å². The third-order valence-electron chi connectivity index (χ3n) is 4.97. The van der Waals surface area contributed by atoms with Gasteiger partial charge in [-0.05, 0) is 23.8 Å². The van der Waals surface area contributed by atoms with Crippen molar-refractivity contribution in [3.8, 4) is 39.8 Å². The summed E-state index contributed by atoms with van der Waals surface area (Å²) in [5.74, 6) is 0.493. The molecule has 0 spiro atoms. The lowest BCUT2D eigenvalue weighted by Crippen LogP contribution is -2.16. The third kappa shape index (κ3) is 3.24. The maximum absolute atomic E-state index is 14.6. The van der Waals surface area contributed by atoms with E-state index in [1.165, 1.54) is 45.1 Å². The molecule has 0 aliphatic rings. The smallest absolute Gasteiger partial charge is 0.331 e. The van der Waals surface area contributed by atoms with E-state index in [-0.39, 0.29) is 11.5 Å². The zero-order valence-corrected chi connectivity index (χ0v) is 17.4. The van der Waals surface area contributed by atoms with Crippen LogP contribution in [-0.2, 0) is 0 Å². The molecular weight excluding hydrogens is 405 g/mol. The largest absolute Gasteiger partial charge is 0.494 e. The van der Waals surface area contributed by atoms with E-state index >= 15 is 0 Å². The van der Waals surface area contributed by atoms with Crippen molar-refractivity contribution < 1.29 is 23.3 Å². The fourth-order valence-electron chi connectivity index (χ4n) is 3.62. The maximum Gasteiger partial charge on any atom is 0.331 e. The summed E-state index contributed by atoms with van der Waals surface area (Å²) in [6.45, 7) is 0. The molecule has 4 rings (SSSR count). The van der Waals surface area contributed by atoms with Crippen molar-refractivity contribution in [2.24, 2.45) is 0 Å². The summed E-state index contributed by atoms with van der Waals surface area (Å²) in [5, 5.41) is 0. The Kier molecular flexibility index (Phi) is 5.24. The summed E-state index contributed by atoms with van der Waals surface area (Å²) in [6.07, 6.45) is 3.13. The number of ether oxygens (including phenoxy) is 4. The van der Waals surface area contributed by atoms with E-state index in [0.717, 1.165) is 0 Å². The number of methoxy groups -OCH3 is 4. The maximum atomic E-state index is 14.6. The number of nitrogens with one attached hydrogen (secondary N) is 1. The Morgan fingerprint density at radius 1 is 0.935 bits per heavy atom. The average molecular weight is 425 g/mol. The van der Waals surface area contributed by atoms with Crippen molar-refractivity contribution in [3.63, 3.8) is 0 Å². The monoisotopic (exact) mass is 425 g/mol. The fourth-order valence-corrected chi connectivity index (χ4v) is 3.62. The lowest BCUT2D eigenvalue weighted by Gasteiger charge is -2.20. The molecule has 0 saturated carbocycles. The normalized spacial score (nSPS) is 10.9. The first-order valence-corrected chi connectivity index (χ1v) is 9.26. The number of nitrogens with zero attached hydrogens (tertiary/aromatic N) is 2. The van der Waals surface area contributed by atoms with Gasteiger partial charge in [0.05, 0.1) is 56.9 Å². The van der Waals surface area contributed by atoms with Crippen molar-refractivity contribution in [3.05, 3.63) is 59.0 Å². The van der Waals surface area contributed by atoms with Crippen LogP contribution in [-0.4, -0.2) is 43.0 Å². The van der Waals surface area contributed by atoms with Crippen LogP contribution in [0, 0.1) is 5.82 Å². The summed E-state index contributed by atoms with van der Waals surface area (Å²) in [6, 6.07) is 7.85. The van der Waals surface area contributed by atoms with E-state index in [9.17, 15) is 9.18 Å². The number of halogens is 1. The summed E-state index contributed by atoms with van der Waals surface area (Å²) in [7, 11) is 5.81. The highest BCUT2D eigenvalue weighted by Crippen LogP contribution is 2.48. The molecule has 0 amide bonds. The first-order valence-electron chi connectivity index (χ1n) is 9.26.